The smallest absolute Gasteiger partial charge is 0.323 e. The number of hydrogen-bond donors (Lipinski definition) is 1. The maximum absolute atomic E-state index is 11.2. The number of nitrogens with zero attached hydrogens (tertiary/aromatic N) is 1. The Balaban J connectivity index is 2.56. The Morgan fingerprint density at radius 2 is 2.33 bits per heavy atom. The predicted octanol–water partition coefficient (Wildman–Crippen LogP) is 1.06. The highest BCUT2D eigenvalue weighted by Crippen LogP contribution is 2.22. The number of nitrogens with two attached hydrogens (primary N) is 1. The summed E-state index contributed by atoms with van der Waals surface area (Å²) in [5.41, 5.74) is 5.70. The third-order valence-corrected chi connectivity index (χ3v) is 3.07. The van der Waals surface area contributed by atoms with Crippen LogP contribution in [0.25, 0.3) is 0 Å². The molecule has 0 saturated carbocycles. The van der Waals surface area contributed by atoms with Crippen LogP contribution in [-0.4, -0.2) is 29.4 Å². The van der Waals surface area contributed by atoms with Crippen LogP contribution in [0, 0.1) is 0 Å². The molecule has 2 atom stereocenters. The Labute approximate surface area is 93.2 Å². The summed E-state index contributed by atoms with van der Waals surface area (Å²) in [5, 5.41) is 0.789. The number of carbonyl (C=O) groups is 1. The van der Waals surface area contributed by atoms with Crippen molar-refractivity contribution in [1.82, 2.24) is 4.98 Å². The third-order valence-electron chi connectivity index (χ3n) is 1.92. The van der Waals surface area contributed by atoms with Crippen molar-refractivity contribution in [2.75, 3.05) is 7.11 Å². The molecule has 0 radical (unpaired) electrons. The molecule has 0 aliphatic rings. The molecule has 1 aromatic rings. The van der Waals surface area contributed by atoms with Crippen molar-refractivity contribution in [2.45, 2.75) is 23.2 Å². The second-order valence-corrected chi connectivity index (χ2v) is 4.44. The molecule has 0 fully saturated rings. The average Bonchev–Trinajstić information content (AvgIpc) is 2.28. The van der Waals surface area contributed by atoms with Crippen molar-refractivity contribution in [3.05, 3.63) is 24.4 Å². The van der Waals surface area contributed by atoms with Gasteiger partial charge in [-0.2, -0.15) is 0 Å². The van der Waals surface area contributed by atoms with Gasteiger partial charge in [-0.15, -0.1) is 11.8 Å². The molecule has 2 N–H and O–H groups in total. The Morgan fingerprint density at radius 3 is 2.87 bits per heavy atom. The van der Waals surface area contributed by atoms with E-state index in [1.54, 1.807) is 6.20 Å². The summed E-state index contributed by atoms with van der Waals surface area (Å²) in [7, 11) is 1.33. The van der Waals surface area contributed by atoms with E-state index in [-0.39, 0.29) is 5.25 Å². The molecule has 1 heterocycles. The molecule has 0 bridgehead atoms. The molecule has 0 aliphatic carbocycles. The summed E-state index contributed by atoms with van der Waals surface area (Å²) >= 11 is 1.46. The second-order valence-electron chi connectivity index (χ2n) is 3.04. The molecule has 0 spiro atoms. The van der Waals surface area contributed by atoms with Crippen molar-refractivity contribution >= 4 is 17.7 Å². The van der Waals surface area contributed by atoms with Gasteiger partial charge in [0.1, 0.15) is 6.04 Å². The van der Waals surface area contributed by atoms with Crippen molar-refractivity contribution in [3.63, 3.8) is 0 Å². The van der Waals surface area contributed by atoms with Crippen molar-refractivity contribution in [2.24, 2.45) is 5.73 Å². The van der Waals surface area contributed by atoms with E-state index < -0.39 is 12.0 Å². The van der Waals surface area contributed by atoms with Crippen LogP contribution in [0.15, 0.2) is 29.4 Å². The number of methoxy groups -OCH3 is 1. The number of carbonyl (C=O) groups excluding carboxylic acids is 1. The fourth-order valence-corrected chi connectivity index (χ4v) is 1.93. The first-order chi connectivity index (χ1) is 7.15. The van der Waals surface area contributed by atoms with E-state index >= 15 is 0 Å². The summed E-state index contributed by atoms with van der Waals surface area (Å²) in [6.07, 6.45) is 1.71. The maximum Gasteiger partial charge on any atom is 0.323 e. The van der Waals surface area contributed by atoms with Gasteiger partial charge in [-0.1, -0.05) is 13.0 Å². The van der Waals surface area contributed by atoms with E-state index in [4.69, 9.17) is 5.73 Å². The summed E-state index contributed by atoms with van der Waals surface area (Å²) in [6, 6.07) is 4.99. The first kappa shape index (κ1) is 12.0. The lowest BCUT2D eigenvalue weighted by atomic mass is 10.2. The number of esters is 1. The highest BCUT2D eigenvalue weighted by molar-refractivity contribution is 7.99. The standard InChI is InChI=1S/C10H14N2O2S/c1-7(9(11)10(13)14-2)15-8-5-3-4-6-12-8/h3-7,9H,11H2,1-2H3/t7-,9-/m1/s1. The molecule has 0 saturated heterocycles. The zero-order valence-corrected chi connectivity index (χ0v) is 9.53. The van der Waals surface area contributed by atoms with Crippen molar-refractivity contribution in [1.29, 1.82) is 0 Å². The van der Waals surface area contributed by atoms with Crippen LogP contribution in [0.1, 0.15) is 6.92 Å². The number of rotatable bonds is 4. The van der Waals surface area contributed by atoms with Crippen molar-refractivity contribution < 1.29 is 9.53 Å². The molecular formula is C10H14N2O2S. The van der Waals surface area contributed by atoms with Crippen LogP contribution in [-0.2, 0) is 9.53 Å². The zero-order valence-electron chi connectivity index (χ0n) is 8.71. The van der Waals surface area contributed by atoms with E-state index in [0.29, 0.717) is 0 Å². The van der Waals surface area contributed by atoms with Gasteiger partial charge in [-0.3, -0.25) is 4.79 Å². The first-order valence-corrected chi connectivity index (χ1v) is 5.44. The van der Waals surface area contributed by atoms with Gasteiger partial charge in [0.15, 0.2) is 0 Å². The Hall–Kier alpha value is -1.07. The fraction of sp³-hybridized carbons (Fsp3) is 0.400. The number of ether oxygens (including phenoxy) is 1. The van der Waals surface area contributed by atoms with Gasteiger partial charge in [-0.25, -0.2) is 4.98 Å². The van der Waals surface area contributed by atoms with Gasteiger partial charge in [-0.05, 0) is 12.1 Å². The molecule has 0 aromatic carbocycles. The van der Waals surface area contributed by atoms with E-state index in [0.717, 1.165) is 5.03 Å². The van der Waals surface area contributed by atoms with E-state index in [2.05, 4.69) is 9.72 Å². The van der Waals surface area contributed by atoms with Gasteiger partial charge >= 0.3 is 5.97 Å². The minimum Gasteiger partial charge on any atom is -0.468 e. The summed E-state index contributed by atoms with van der Waals surface area (Å²) in [4.78, 5) is 15.3. The van der Waals surface area contributed by atoms with Crippen LogP contribution in [0.3, 0.4) is 0 Å². The minimum atomic E-state index is -0.623. The number of pyridine rings is 1. The highest BCUT2D eigenvalue weighted by atomic mass is 32.2. The minimum absolute atomic E-state index is 0.0626. The predicted molar refractivity (Wildman–Crippen MR) is 59.5 cm³/mol. The van der Waals surface area contributed by atoms with Crippen LogP contribution in [0.2, 0.25) is 0 Å². The topological polar surface area (TPSA) is 65.2 Å². The van der Waals surface area contributed by atoms with Gasteiger partial charge < -0.3 is 10.5 Å². The fourth-order valence-electron chi connectivity index (χ4n) is 1.01. The maximum atomic E-state index is 11.2. The Kier molecular flexibility index (Phi) is 4.58. The molecule has 0 unspecified atom stereocenters. The monoisotopic (exact) mass is 226 g/mol. The van der Waals surface area contributed by atoms with Crippen LogP contribution in [0.5, 0.6) is 0 Å². The zero-order chi connectivity index (χ0) is 11.3. The van der Waals surface area contributed by atoms with Crippen LogP contribution >= 0.6 is 11.8 Å². The molecule has 4 nitrogen and oxygen atoms in total. The normalized spacial score (nSPS) is 14.3. The average molecular weight is 226 g/mol. The van der Waals surface area contributed by atoms with E-state index in [9.17, 15) is 4.79 Å². The quantitative estimate of drug-likeness (QED) is 0.614. The number of hydrogen-bond acceptors (Lipinski definition) is 5. The molecule has 0 amide bonds. The molecule has 5 heteroatoms. The molecule has 1 rings (SSSR count). The SMILES string of the molecule is COC(=O)[C@H](N)[C@@H](C)Sc1ccccn1. The molecule has 1 aromatic heterocycles. The molecule has 15 heavy (non-hydrogen) atoms. The summed E-state index contributed by atoms with van der Waals surface area (Å²) in [6.45, 7) is 1.88. The van der Waals surface area contributed by atoms with Crippen LogP contribution in [0.4, 0.5) is 0 Å². The Morgan fingerprint density at radius 1 is 1.60 bits per heavy atom. The largest absolute Gasteiger partial charge is 0.468 e. The van der Waals surface area contributed by atoms with Gasteiger partial charge in [0.25, 0.3) is 0 Å². The summed E-state index contributed by atoms with van der Waals surface area (Å²) in [5.74, 6) is -0.397. The first-order valence-electron chi connectivity index (χ1n) is 4.56. The van der Waals surface area contributed by atoms with Gasteiger partial charge in [0.05, 0.1) is 12.1 Å². The number of thioether (sulfide) groups is 1. The lowest BCUT2D eigenvalue weighted by Crippen LogP contribution is -2.39. The Bertz CT molecular complexity index is 318. The highest BCUT2D eigenvalue weighted by Gasteiger charge is 2.22. The summed E-state index contributed by atoms with van der Waals surface area (Å²) < 4.78 is 4.57. The lowest BCUT2D eigenvalue weighted by molar-refractivity contribution is -0.142. The van der Waals surface area contributed by atoms with Gasteiger partial charge in [0, 0.05) is 11.4 Å². The van der Waals surface area contributed by atoms with Crippen LogP contribution < -0.4 is 5.73 Å². The molecular weight excluding hydrogens is 212 g/mol. The van der Waals surface area contributed by atoms with Crippen molar-refractivity contribution in [3.8, 4) is 0 Å². The lowest BCUT2D eigenvalue weighted by Gasteiger charge is -2.16. The molecule has 0 aliphatic heterocycles. The van der Waals surface area contributed by atoms with E-state index in [1.807, 2.05) is 25.1 Å². The third kappa shape index (κ3) is 3.53. The van der Waals surface area contributed by atoms with Gasteiger partial charge in [0.2, 0.25) is 0 Å². The van der Waals surface area contributed by atoms with E-state index in [1.165, 1.54) is 18.9 Å². The number of aromatic nitrogens is 1. The molecule has 82 valence electrons. The second kappa shape index (κ2) is 5.72.